The number of carboxylic acid groups (broad SMARTS) is 1. The van der Waals surface area contributed by atoms with E-state index in [-0.39, 0.29) is 11.1 Å². The number of hydrogen-bond acceptors (Lipinski definition) is 5. The zero-order valence-electron chi connectivity index (χ0n) is 18.8. The van der Waals surface area contributed by atoms with Crippen molar-refractivity contribution >= 4 is 28.3 Å². The fraction of sp³-hybridized carbons (Fsp3) is 0. The molecule has 36 heavy (non-hydrogen) atoms. The number of benzene rings is 3. The first-order valence-corrected chi connectivity index (χ1v) is 12.0. The normalized spacial score (nSPS) is 11.8. The third-order valence-corrected chi connectivity index (χ3v) is 6.82. The summed E-state index contributed by atoms with van der Waals surface area (Å²) in [4.78, 5) is 30.3. The molecule has 0 radical (unpaired) electrons. The predicted octanol–water partition coefficient (Wildman–Crippen LogP) is 5.60. The number of carboxylic acids is 1. The first kappa shape index (κ1) is 21.8. The van der Waals surface area contributed by atoms with Gasteiger partial charge in [0, 0.05) is 22.8 Å². The second kappa shape index (κ2) is 8.79. The van der Waals surface area contributed by atoms with Gasteiger partial charge in [0.05, 0.1) is 17.0 Å². The molecule has 0 aliphatic carbocycles. The van der Waals surface area contributed by atoms with E-state index in [0.717, 1.165) is 22.5 Å². The molecule has 0 saturated carbocycles. The largest absolute Gasteiger partial charge is 0.478 e. The lowest BCUT2D eigenvalue weighted by Crippen LogP contribution is -2.23. The summed E-state index contributed by atoms with van der Waals surface area (Å²) in [5.41, 5.74) is 4.02. The summed E-state index contributed by atoms with van der Waals surface area (Å²) in [6.07, 6.45) is 1.70. The molecule has 0 atom stereocenters. The molecule has 7 heteroatoms. The maximum absolute atomic E-state index is 13.6. The van der Waals surface area contributed by atoms with Crippen molar-refractivity contribution in [2.45, 2.75) is 0 Å². The van der Waals surface area contributed by atoms with E-state index in [2.05, 4.69) is 0 Å². The molecule has 1 N–H and O–H groups in total. The number of thiazole rings is 1. The van der Waals surface area contributed by atoms with Crippen molar-refractivity contribution in [2.24, 2.45) is 0 Å². The minimum absolute atomic E-state index is 0.172. The van der Waals surface area contributed by atoms with Gasteiger partial charge in [-0.3, -0.25) is 4.79 Å². The van der Waals surface area contributed by atoms with Crippen LogP contribution < -0.4 is 10.1 Å². The Morgan fingerprint density at radius 1 is 0.861 bits per heavy atom. The monoisotopic (exact) mass is 490 g/mol. The van der Waals surface area contributed by atoms with Gasteiger partial charge in [-0.2, -0.15) is 0 Å². The Hall–Kier alpha value is -4.75. The Morgan fingerprint density at radius 2 is 1.56 bits per heavy atom. The van der Waals surface area contributed by atoms with E-state index in [9.17, 15) is 14.7 Å². The maximum Gasteiger partial charge on any atom is 0.335 e. The fourth-order valence-corrected chi connectivity index (χ4v) is 5.13. The van der Waals surface area contributed by atoms with Gasteiger partial charge in [0.25, 0.3) is 5.56 Å². The summed E-state index contributed by atoms with van der Waals surface area (Å²) in [7, 11) is 0. The van der Waals surface area contributed by atoms with E-state index in [1.165, 1.54) is 17.4 Å². The first-order valence-electron chi connectivity index (χ1n) is 11.2. The molecule has 0 aliphatic heterocycles. The number of nitrogens with zero attached hydrogens (tertiary/aromatic N) is 2. The summed E-state index contributed by atoms with van der Waals surface area (Å²) >= 11 is 1.30. The summed E-state index contributed by atoms with van der Waals surface area (Å²) in [5, 5.41) is 9.25. The Morgan fingerprint density at radius 3 is 2.28 bits per heavy atom. The standard InChI is InChI=1S/C29H18N2O4S/c32-27-24(17-22-14-15-23(35-22)20-12-7-13-21(16-20)28(33)34)36-29-30-25(18-8-3-1-4-9-18)26(31(27)29)19-10-5-2-6-11-19/h1-17H,(H,33,34)/b24-17-. The van der Waals surface area contributed by atoms with Gasteiger partial charge in [0.15, 0.2) is 4.96 Å². The van der Waals surface area contributed by atoms with Crippen LogP contribution in [0.25, 0.3) is 44.9 Å². The average Bonchev–Trinajstić information content (AvgIpc) is 3.61. The lowest BCUT2D eigenvalue weighted by molar-refractivity contribution is 0.0697. The summed E-state index contributed by atoms with van der Waals surface area (Å²) in [6, 6.07) is 29.7. The highest BCUT2D eigenvalue weighted by Gasteiger charge is 2.20. The molecular weight excluding hydrogens is 472 g/mol. The van der Waals surface area contributed by atoms with Gasteiger partial charge in [-0.25, -0.2) is 14.2 Å². The van der Waals surface area contributed by atoms with E-state index in [1.54, 1.807) is 40.8 Å². The Balaban J connectivity index is 1.48. The summed E-state index contributed by atoms with van der Waals surface area (Å²) < 4.78 is 8.09. The van der Waals surface area contributed by atoms with Crippen LogP contribution in [0.4, 0.5) is 0 Å². The Kier molecular flexibility index (Phi) is 5.32. The van der Waals surface area contributed by atoms with Crippen LogP contribution in [-0.4, -0.2) is 20.5 Å². The third kappa shape index (κ3) is 3.81. The highest BCUT2D eigenvalue weighted by molar-refractivity contribution is 7.15. The van der Waals surface area contributed by atoms with E-state index >= 15 is 0 Å². The van der Waals surface area contributed by atoms with E-state index in [4.69, 9.17) is 9.40 Å². The number of aromatic nitrogens is 2. The van der Waals surface area contributed by atoms with Crippen LogP contribution in [-0.2, 0) is 0 Å². The molecule has 3 heterocycles. The molecule has 0 spiro atoms. The SMILES string of the molecule is O=C(O)c1cccc(-c2ccc(/C=c3\sc4nc(-c5ccccc5)c(-c5ccccc5)n4c3=O)o2)c1. The van der Waals surface area contributed by atoms with Gasteiger partial charge >= 0.3 is 5.97 Å². The lowest BCUT2D eigenvalue weighted by Gasteiger charge is -2.04. The average molecular weight is 491 g/mol. The Labute approximate surface area is 209 Å². The lowest BCUT2D eigenvalue weighted by atomic mass is 10.1. The van der Waals surface area contributed by atoms with Crippen molar-refractivity contribution in [1.82, 2.24) is 9.38 Å². The predicted molar refractivity (Wildman–Crippen MR) is 140 cm³/mol. The van der Waals surface area contributed by atoms with Gasteiger partial charge in [-0.15, -0.1) is 0 Å². The summed E-state index contributed by atoms with van der Waals surface area (Å²) in [5.74, 6) is 0.0172. The van der Waals surface area contributed by atoms with Crippen LogP contribution in [0.15, 0.2) is 106 Å². The van der Waals surface area contributed by atoms with Crippen molar-refractivity contribution in [1.29, 1.82) is 0 Å². The number of aromatic carboxylic acids is 1. The van der Waals surface area contributed by atoms with Crippen LogP contribution in [0.5, 0.6) is 0 Å². The van der Waals surface area contributed by atoms with Crippen LogP contribution in [0, 0.1) is 0 Å². The second-order valence-electron chi connectivity index (χ2n) is 8.16. The molecular formula is C29H18N2O4S. The van der Waals surface area contributed by atoms with Crippen molar-refractivity contribution in [3.8, 4) is 33.8 Å². The molecule has 174 valence electrons. The molecule has 6 aromatic rings. The first-order chi connectivity index (χ1) is 17.6. The van der Waals surface area contributed by atoms with Crippen LogP contribution in [0.1, 0.15) is 16.1 Å². The van der Waals surface area contributed by atoms with Crippen molar-refractivity contribution < 1.29 is 14.3 Å². The van der Waals surface area contributed by atoms with E-state index in [1.807, 2.05) is 60.7 Å². The highest BCUT2D eigenvalue weighted by atomic mass is 32.1. The molecule has 0 unspecified atom stereocenters. The fourth-order valence-electron chi connectivity index (χ4n) is 4.18. The minimum atomic E-state index is -1.00. The van der Waals surface area contributed by atoms with Gasteiger partial charge in [-0.1, -0.05) is 84.1 Å². The third-order valence-electron chi connectivity index (χ3n) is 5.85. The van der Waals surface area contributed by atoms with Gasteiger partial charge in [-0.05, 0) is 24.3 Å². The van der Waals surface area contributed by atoms with Gasteiger partial charge in [0.2, 0.25) is 0 Å². The molecule has 0 bridgehead atoms. The number of rotatable bonds is 5. The number of imidazole rings is 1. The molecule has 6 nitrogen and oxygen atoms in total. The molecule has 0 saturated heterocycles. The number of furan rings is 1. The highest BCUT2D eigenvalue weighted by Crippen LogP contribution is 2.32. The zero-order chi connectivity index (χ0) is 24.6. The maximum atomic E-state index is 13.6. The minimum Gasteiger partial charge on any atom is -0.478 e. The van der Waals surface area contributed by atoms with Crippen LogP contribution >= 0.6 is 11.3 Å². The van der Waals surface area contributed by atoms with Gasteiger partial charge < -0.3 is 9.52 Å². The molecule has 3 aromatic carbocycles. The van der Waals surface area contributed by atoms with Crippen molar-refractivity contribution in [3.63, 3.8) is 0 Å². The topological polar surface area (TPSA) is 84.8 Å². The Bertz CT molecular complexity index is 1830. The quantitative estimate of drug-likeness (QED) is 0.340. The van der Waals surface area contributed by atoms with Crippen molar-refractivity contribution in [3.05, 3.63) is 123 Å². The molecule has 3 aromatic heterocycles. The zero-order valence-corrected chi connectivity index (χ0v) is 19.6. The van der Waals surface area contributed by atoms with Crippen molar-refractivity contribution in [2.75, 3.05) is 0 Å². The van der Waals surface area contributed by atoms with Crippen LogP contribution in [0.3, 0.4) is 0 Å². The molecule has 0 fully saturated rings. The summed E-state index contributed by atoms with van der Waals surface area (Å²) in [6.45, 7) is 0. The smallest absolute Gasteiger partial charge is 0.335 e. The molecule has 0 aliphatic rings. The number of hydrogen-bond donors (Lipinski definition) is 1. The van der Waals surface area contributed by atoms with E-state index in [0.29, 0.717) is 26.6 Å². The van der Waals surface area contributed by atoms with E-state index < -0.39 is 5.97 Å². The second-order valence-corrected chi connectivity index (χ2v) is 9.17. The van der Waals surface area contributed by atoms with Crippen LogP contribution in [0.2, 0.25) is 0 Å². The number of carbonyl (C=O) groups is 1. The number of fused-ring (bicyclic) bond motifs is 1. The van der Waals surface area contributed by atoms with Gasteiger partial charge in [0.1, 0.15) is 16.1 Å². The molecule has 0 amide bonds. The molecule has 6 rings (SSSR count).